The van der Waals surface area contributed by atoms with Gasteiger partial charge in [0.1, 0.15) is 12.6 Å². The van der Waals surface area contributed by atoms with Crippen molar-refractivity contribution in [2.24, 2.45) is 11.7 Å². The molecular formula is C29H39N3O4S. The number of rotatable bonds is 7. The Morgan fingerprint density at radius 2 is 1.81 bits per heavy atom. The van der Waals surface area contributed by atoms with Gasteiger partial charge in [-0.1, -0.05) is 25.0 Å². The first-order valence-corrected chi connectivity index (χ1v) is 15.4. The van der Waals surface area contributed by atoms with E-state index in [0.717, 1.165) is 63.2 Å². The maximum Gasteiger partial charge on any atom is 0.249 e. The number of carbonyl (C=O) groups is 3. The lowest BCUT2D eigenvalue weighted by molar-refractivity contribution is -0.138. The maximum atomic E-state index is 14.4. The second kappa shape index (κ2) is 10.3. The number of fused-ring (bicyclic) bond motifs is 1. The number of hydrogen-bond acceptors (Lipinski definition) is 6. The molecule has 0 spiro atoms. The average Bonchev–Trinajstić information content (AvgIpc) is 3.30. The van der Waals surface area contributed by atoms with Gasteiger partial charge in [0.25, 0.3) is 0 Å². The molecule has 6 rings (SSSR count). The van der Waals surface area contributed by atoms with Crippen LogP contribution in [0.25, 0.3) is 0 Å². The fraction of sp³-hybridized carbons (Fsp3) is 0.690. The molecule has 3 saturated heterocycles. The summed E-state index contributed by atoms with van der Waals surface area (Å²) in [7, 11) is 0. The van der Waals surface area contributed by atoms with Gasteiger partial charge in [-0.05, 0) is 86.9 Å². The topological polar surface area (TPSA) is 92.9 Å². The number of ether oxygens (including phenoxy) is 1. The summed E-state index contributed by atoms with van der Waals surface area (Å²) in [6.07, 6.45) is 10.7. The minimum absolute atomic E-state index is 0.00799. The molecule has 0 radical (unpaired) electrons. The van der Waals surface area contributed by atoms with E-state index in [4.69, 9.17) is 10.5 Å². The molecule has 2 aliphatic carbocycles. The first kappa shape index (κ1) is 25.4. The van der Waals surface area contributed by atoms with Crippen molar-refractivity contribution in [2.45, 2.75) is 86.6 Å². The van der Waals surface area contributed by atoms with Crippen molar-refractivity contribution in [1.82, 2.24) is 9.80 Å². The van der Waals surface area contributed by atoms with Gasteiger partial charge in [-0.3, -0.25) is 14.4 Å². The molecule has 37 heavy (non-hydrogen) atoms. The van der Waals surface area contributed by atoms with Gasteiger partial charge < -0.3 is 20.3 Å². The molecule has 0 bridgehead atoms. The van der Waals surface area contributed by atoms with Gasteiger partial charge in [0.05, 0.1) is 17.3 Å². The van der Waals surface area contributed by atoms with Crippen LogP contribution in [-0.4, -0.2) is 83.3 Å². The predicted octanol–water partition coefficient (Wildman–Crippen LogP) is 3.31. The SMILES string of the molecule is CS[C@H]1CN(C(=O)[C@H](c2cc(C3CCN(C4CC4)CC3)ccc2C(N)=O)C2CCCC2)[C@@H]2C(=O)CO[C@H]12. The van der Waals surface area contributed by atoms with Crippen LogP contribution in [0.1, 0.15) is 84.7 Å². The summed E-state index contributed by atoms with van der Waals surface area (Å²) in [6.45, 7) is 2.81. The van der Waals surface area contributed by atoms with Gasteiger partial charge >= 0.3 is 0 Å². The number of ketones is 1. The highest BCUT2D eigenvalue weighted by Crippen LogP contribution is 2.44. The van der Waals surface area contributed by atoms with Gasteiger partial charge in [0, 0.05) is 18.2 Å². The number of nitrogens with zero attached hydrogens (tertiary/aromatic N) is 2. The third kappa shape index (κ3) is 4.74. The second-order valence-corrected chi connectivity index (χ2v) is 12.8. The fourth-order valence-corrected chi connectivity index (χ4v) is 8.26. The Hall–Kier alpha value is -1.90. The molecule has 5 aliphatic rings. The molecule has 5 fully saturated rings. The molecule has 200 valence electrons. The van der Waals surface area contributed by atoms with E-state index in [1.54, 1.807) is 16.7 Å². The van der Waals surface area contributed by atoms with Crippen molar-refractivity contribution < 1.29 is 19.1 Å². The summed E-state index contributed by atoms with van der Waals surface area (Å²) in [5.41, 5.74) is 8.34. The van der Waals surface area contributed by atoms with Crippen LogP contribution in [0.4, 0.5) is 0 Å². The number of primary amides is 1. The molecule has 3 heterocycles. The molecule has 2 amide bonds. The number of thioether (sulfide) groups is 1. The van der Waals surface area contributed by atoms with E-state index in [1.165, 1.54) is 18.4 Å². The number of Topliss-reactive ketones (excluding diaryl/α,β-unsaturated/α-hetero) is 1. The van der Waals surface area contributed by atoms with Gasteiger partial charge in [-0.15, -0.1) is 0 Å². The monoisotopic (exact) mass is 525 g/mol. The van der Waals surface area contributed by atoms with Crippen molar-refractivity contribution >= 4 is 29.4 Å². The Kier molecular flexibility index (Phi) is 7.10. The summed E-state index contributed by atoms with van der Waals surface area (Å²) in [5, 5.41) is 0.0863. The molecule has 0 unspecified atom stereocenters. The Morgan fingerprint density at radius 1 is 1.08 bits per heavy atom. The molecule has 8 heteroatoms. The van der Waals surface area contributed by atoms with Gasteiger partial charge in [-0.2, -0.15) is 11.8 Å². The molecule has 0 aromatic heterocycles. The van der Waals surface area contributed by atoms with Crippen LogP contribution in [0.3, 0.4) is 0 Å². The minimum atomic E-state index is -0.513. The number of hydrogen-bond donors (Lipinski definition) is 1. The van der Waals surface area contributed by atoms with E-state index >= 15 is 0 Å². The zero-order valence-electron chi connectivity index (χ0n) is 21.8. The Morgan fingerprint density at radius 3 is 2.46 bits per heavy atom. The molecule has 4 atom stereocenters. The smallest absolute Gasteiger partial charge is 0.249 e. The molecule has 1 aromatic rings. The van der Waals surface area contributed by atoms with Crippen LogP contribution in [0.2, 0.25) is 0 Å². The summed E-state index contributed by atoms with van der Waals surface area (Å²) in [5.74, 6) is -0.390. The highest BCUT2D eigenvalue weighted by molar-refractivity contribution is 7.99. The Labute approximate surface area is 223 Å². The quantitative estimate of drug-likeness (QED) is 0.587. The van der Waals surface area contributed by atoms with Crippen LogP contribution in [0.5, 0.6) is 0 Å². The minimum Gasteiger partial charge on any atom is -0.367 e. The summed E-state index contributed by atoms with van der Waals surface area (Å²) >= 11 is 1.66. The maximum absolute atomic E-state index is 14.4. The molecule has 3 aliphatic heterocycles. The van der Waals surface area contributed by atoms with Gasteiger partial charge in [0.15, 0.2) is 5.78 Å². The van der Waals surface area contributed by atoms with Crippen LogP contribution in [0.15, 0.2) is 18.2 Å². The first-order valence-electron chi connectivity index (χ1n) is 14.1. The van der Waals surface area contributed by atoms with Crippen molar-refractivity contribution in [1.29, 1.82) is 0 Å². The molecular weight excluding hydrogens is 486 g/mol. The lowest BCUT2D eigenvalue weighted by Crippen LogP contribution is -2.45. The summed E-state index contributed by atoms with van der Waals surface area (Å²) in [6, 6.07) is 6.32. The van der Waals surface area contributed by atoms with Crippen molar-refractivity contribution in [3.63, 3.8) is 0 Å². The Balaban J connectivity index is 1.34. The molecule has 2 saturated carbocycles. The number of nitrogens with two attached hydrogens (primary N) is 1. The van der Waals surface area contributed by atoms with E-state index in [-0.39, 0.29) is 35.6 Å². The first-order chi connectivity index (χ1) is 18.0. The fourth-order valence-electron chi connectivity index (χ4n) is 7.46. The zero-order valence-corrected chi connectivity index (χ0v) is 22.6. The van der Waals surface area contributed by atoms with E-state index in [1.807, 2.05) is 12.3 Å². The molecule has 2 N–H and O–H groups in total. The Bertz CT molecular complexity index is 1060. The second-order valence-electron chi connectivity index (χ2n) is 11.7. The zero-order chi connectivity index (χ0) is 25.7. The van der Waals surface area contributed by atoms with E-state index in [2.05, 4.69) is 17.0 Å². The van der Waals surface area contributed by atoms with Crippen molar-refractivity contribution in [3.8, 4) is 0 Å². The lowest BCUT2D eigenvalue weighted by Gasteiger charge is -2.34. The third-order valence-corrected chi connectivity index (χ3v) is 10.6. The van der Waals surface area contributed by atoms with E-state index in [9.17, 15) is 14.4 Å². The van der Waals surface area contributed by atoms with Crippen LogP contribution in [-0.2, 0) is 14.3 Å². The van der Waals surface area contributed by atoms with Crippen LogP contribution < -0.4 is 5.73 Å². The van der Waals surface area contributed by atoms with Crippen LogP contribution in [0, 0.1) is 5.92 Å². The molecule has 1 aromatic carbocycles. The normalized spacial score (nSPS) is 30.1. The highest BCUT2D eigenvalue weighted by Gasteiger charge is 2.53. The van der Waals surface area contributed by atoms with E-state index in [0.29, 0.717) is 18.0 Å². The van der Waals surface area contributed by atoms with Gasteiger partial charge in [-0.25, -0.2) is 0 Å². The summed E-state index contributed by atoms with van der Waals surface area (Å²) in [4.78, 5) is 44.3. The third-order valence-electron chi connectivity index (χ3n) is 9.60. The number of benzene rings is 1. The number of likely N-dealkylation sites (tertiary alicyclic amines) is 2. The number of piperidine rings is 1. The van der Waals surface area contributed by atoms with Crippen LogP contribution >= 0.6 is 11.8 Å². The van der Waals surface area contributed by atoms with Crippen molar-refractivity contribution in [2.75, 3.05) is 32.5 Å². The average molecular weight is 526 g/mol. The largest absolute Gasteiger partial charge is 0.367 e. The number of amides is 2. The standard InChI is InChI=1S/C29H39N3O4S/c1-37-24-15-32(26-23(33)16-36-27(24)26)29(35)25(18-4-2-3-5-18)22-14-19(6-9-21(22)28(30)34)17-10-12-31(13-11-17)20-7-8-20/h6,9,14,17-18,20,24-27H,2-5,7-8,10-13,15-16H2,1H3,(H2,30,34)/t24-,25-,26+,27+/m0/s1. The van der Waals surface area contributed by atoms with Crippen molar-refractivity contribution in [3.05, 3.63) is 34.9 Å². The highest BCUT2D eigenvalue weighted by atomic mass is 32.2. The summed E-state index contributed by atoms with van der Waals surface area (Å²) < 4.78 is 5.83. The lowest BCUT2D eigenvalue weighted by atomic mass is 9.78. The molecule has 7 nitrogen and oxygen atoms in total. The van der Waals surface area contributed by atoms with Gasteiger partial charge in [0.2, 0.25) is 11.8 Å². The van der Waals surface area contributed by atoms with E-state index < -0.39 is 17.9 Å². The number of carbonyl (C=O) groups excluding carboxylic acids is 3. The predicted molar refractivity (Wildman–Crippen MR) is 144 cm³/mol.